The Bertz CT molecular complexity index is 793. The number of esters is 1. The molecule has 0 spiro atoms. The number of thiazole rings is 1. The van der Waals surface area contributed by atoms with Crippen molar-refractivity contribution in [3.63, 3.8) is 0 Å². The van der Waals surface area contributed by atoms with Crippen LogP contribution in [0.25, 0.3) is 6.08 Å². The number of nitrogens with zero attached hydrogens (tertiary/aromatic N) is 2. The summed E-state index contributed by atoms with van der Waals surface area (Å²) in [5.41, 5.74) is 0.222. The third kappa shape index (κ3) is 3.87. The molecule has 118 valence electrons. The Hall–Kier alpha value is -1.97. The molecule has 0 atom stereocenters. The maximum Gasteiger partial charge on any atom is 0.357 e. The van der Waals surface area contributed by atoms with Crippen molar-refractivity contribution >= 4 is 62.7 Å². The van der Waals surface area contributed by atoms with Crippen LogP contribution in [0.15, 0.2) is 32.8 Å². The minimum absolute atomic E-state index is 0.190. The standard InChI is InChI=1S/C14H11N3O3S3/c1-2-20-12(19)9-7-22-13(15-9)17-14-16-11(18)10(23-14)6-8-4-3-5-21-8/h3-7H,2H2,1H3,(H,15,16,17,18)/b10-6-. The van der Waals surface area contributed by atoms with Crippen molar-refractivity contribution in [1.82, 2.24) is 10.3 Å². The topological polar surface area (TPSA) is 80.6 Å². The maximum absolute atomic E-state index is 11.9. The molecule has 9 heteroatoms. The van der Waals surface area contributed by atoms with E-state index in [0.29, 0.717) is 21.8 Å². The molecule has 1 N–H and O–H groups in total. The Morgan fingerprint density at radius 1 is 1.48 bits per heavy atom. The third-order valence-electron chi connectivity index (χ3n) is 2.64. The summed E-state index contributed by atoms with van der Waals surface area (Å²) in [6.07, 6.45) is 1.82. The molecule has 0 bridgehead atoms. The highest BCUT2D eigenvalue weighted by Crippen LogP contribution is 2.30. The Labute approximate surface area is 144 Å². The summed E-state index contributed by atoms with van der Waals surface area (Å²) >= 11 is 4.02. The number of nitrogens with one attached hydrogen (secondary N) is 1. The lowest BCUT2D eigenvalue weighted by atomic mass is 10.4. The first kappa shape index (κ1) is 15.9. The number of thioether (sulfide) groups is 1. The molecule has 0 unspecified atom stereocenters. The molecule has 1 fully saturated rings. The molecule has 0 radical (unpaired) electrons. The Morgan fingerprint density at radius 2 is 2.35 bits per heavy atom. The van der Waals surface area contributed by atoms with Crippen LogP contribution in [0.1, 0.15) is 22.3 Å². The Morgan fingerprint density at radius 3 is 3.09 bits per heavy atom. The number of hydrogen-bond donors (Lipinski definition) is 1. The van der Waals surface area contributed by atoms with Gasteiger partial charge in [0.2, 0.25) is 5.13 Å². The van der Waals surface area contributed by atoms with Gasteiger partial charge >= 0.3 is 5.97 Å². The van der Waals surface area contributed by atoms with Gasteiger partial charge in [-0.05, 0) is 36.2 Å². The van der Waals surface area contributed by atoms with Crippen LogP contribution >= 0.6 is 34.4 Å². The predicted octanol–water partition coefficient (Wildman–Crippen LogP) is 3.27. The molecular formula is C14H11N3O3S3. The second-order valence-corrected chi connectivity index (χ2v) is 7.08. The summed E-state index contributed by atoms with van der Waals surface area (Å²) in [7, 11) is 0. The van der Waals surface area contributed by atoms with Crippen molar-refractivity contribution in [2.45, 2.75) is 6.92 Å². The quantitative estimate of drug-likeness (QED) is 0.664. The van der Waals surface area contributed by atoms with Crippen LogP contribution in [0.4, 0.5) is 5.13 Å². The molecule has 1 amide bonds. The van der Waals surface area contributed by atoms with Crippen LogP contribution in [0.3, 0.4) is 0 Å². The normalized spacial score (nSPS) is 17.7. The van der Waals surface area contributed by atoms with Crippen LogP contribution in [-0.4, -0.2) is 28.6 Å². The van der Waals surface area contributed by atoms with Crippen LogP contribution in [0.5, 0.6) is 0 Å². The Kier molecular flexibility index (Phi) is 4.89. The van der Waals surface area contributed by atoms with E-state index in [-0.39, 0.29) is 11.6 Å². The number of ether oxygens (including phenoxy) is 1. The first-order valence-corrected chi connectivity index (χ1v) is 9.19. The molecule has 1 aliphatic rings. The highest BCUT2D eigenvalue weighted by molar-refractivity contribution is 8.18. The summed E-state index contributed by atoms with van der Waals surface area (Å²) in [4.78, 5) is 33.4. The van der Waals surface area contributed by atoms with Gasteiger partial charge < -0.3 is 10.1 Å². The van der Waals surface area contributed by atoms with E-state index in [1.165, 1.54) is 23.1 Å². The van der Waals surface area contributed by atoms with Gasteiger partial charge in [0.05, 0.1) is 11.5 Å². The molecule has 1 aliphatic heterocycles. The van der Waals surface area contributed by atoms with Gasteiger partial charge in [-0.1, -0.05) is 6.07 Å². The van der Waals surface area contributed by atoms with Crippen LogP contribution in [0, 0.1) is 0 Å². The predicted molar refractivity (Wildman–Crippen MR) is 93.2 cm³/mol. The van der Waals surface area contributed by atoms with Gasteiger partial charge in [-0.15, -0.1) is 22.7 Å². The molecule has 0 saturated carbocycles. The van der Waals surface area contributed by atoms with Gasteiger partial charge in [0.15, 0.2) is 10.9 Å². The van der Waals surface area contributed by atoms with Gasteiger partial charge in [0.25, 0.3) is 5.91 Å². The van der Waals surface area contributed by atoms with Crippen molar-refractivity contribution < 1.29 is 14.3 Å². The molecule has 1 saturated heterocycles. The zero-order chi connectivity index (χ0) is 16.2. The fraction of sp³-hybridized carbons (Fsp3) is 0.143. The van der Waals surface area contributed by atoms with Crippen molar-refractivity contribution in [2.75, 3.05) is 6.61 Å². The smallest absolute Gasteiger partial charge is 0.357 e. The first-order chi connectivity index (χ1) is 11.2. The summed E-state index contributed by atoms with van der Waals surface area (Å²) < 4.78 is 4.88. The lowest BCUT2D eigenvalue weighted by Crippen LogP contribution is -2.19. The van der Waals surface area contributed by atoms with E-state index in [4.69, 9.17) is 4.74 Å². The average Bonchev–Trinajstić information content (AvgIpc) is 3.23. The second kappa shape index (κ2) is 7.07. The minimum atomic E-state index is -0.475. The fourth-order valence-corrected chi connectivity index (χ4v) is 3.95. The molecular weight excluding hydrogens is 354 g/mol. The molecule has 0 aromatic carbocycles. The number of aromatic nitrogens is 1. The number of thiophene rings is 1. The van der Waals surface area contributed by atoms with E-state index in [2.05, 4.69) is 15.3 Å². The van der Waals surface area contributed by atoms with E-state index in [0.717, 1.165) is 4.88 Å². The maximum atomic E-state index is 11.9. The zero-order valence-corrected chi connectivity index (χ0v) is 14.4. The van der Waals surface area contributed by atoms with Crippen LogP contribution < -0.4 is 5.32 Å². The average molecular weight is 365 g/mol. The summed E-state index contributed by atoms with van der Waals surface area (Å²) in [5.74, 6) is -0.666. The van der Waals surface area contributed by atoms with Gasteiger partial charge in [-0.2, -0.15) is 4.99 Å². The number of aliphatic imine (C=N–C) groups is 1. The molecule has 0 aliphatic carbocycles. The van der Waals surface area contributed by atoms with Gasteiger partial charge in [-0.3, -0.25) is 4.79 Å². The molecule has 23 heavy (non-hydrogen) atoms. The van der Waals surface area contributed by atoms with Crippen molar-refractivity contribution in [2.24, 2.45) is 4.99 Å². The SMILES string of the molecule is CCOC(=O)c1csc(/N=C2\NC(=O)/C(=C/c3cccs3)S2)n1. The highest BCUT2D eigenvalue weighted by atomic mass is 32.2. The largest absolute Gasteiger partial charge is 0.461 e. The summed E-state index contributed by atoms with van der Waals surface area (Å²) in [5, 5.41) is 7.07. The minimum Gasteiger partial charge on any atom is -0.461 e. The molecule has 2 aromatic heterocycles. The van der Waals surface area contributed by atoms with Gasteiger partial charge in [-0.25, -0.2) is 9.78 Å². The molecule has 6 nitrogen and oxygen atoms in total. The van der Waals surface area contributed by atoms with Crippen LogP contribution in [0.2, 0.25) is 0 Å². The van der Waals surface area contributed by atoms with Gasteiger partial charge in [0.1, 0.15) is 0 Å². The number of amidine groups is 1. The third-order valence-corrected chi connectivity index (χ3v) is 5.10. The van der Waals surface area contributed by atoms with Crippen molar-refractivity contribution in [3.8, 4) is 0 Å². The Balaban J connectivity index is 1.74. The fourth-order valence-electron chi connectivity index (χ4n) is 1.68. The molecule has 3 heterocycles. The van der Waals surface area contributed by atoms with E-state index >= 15 is 0 Å². The molecule has 3 rings (SSSR count). The zero-order valence-electron chi connectivity index (χ0n) is 11.9. The number of hydrogen-bond acceptors (Lipinski definition) is 8. The number of rotatable bonds is 4. The van der Waals surface area contributed by atoms with E-state index < -0.39 is 5.97 Å². The highest BCUT2D eigenvalue weighted by Gasteiger charge is 2.24. The number of carbonyl (C=O) groups is 2. The van der Waals surface area contributed by atoms with Crippen LogP contribution in [-0.2, 0) is 9.53 Å². The van der Waals surface area contributed by atoms with E-state index in [1.807, 2.05) is 23.6 Å². The first-order valence-electron chi connectivity index (χ1n) is 6.61. The second-order valence-electron chi connectivity index (χ2n) is 4.23. The number of carbonyl (C=O) groups excluding carboxylic acids is 2. The van der Waals surface area contributed by atoms with Gasteiger partial charge in [0, 0.05) is 10.3 Å². The lowest BCUT2D eigenvalue weighted by Gasteiger charge is -1.95. The number of amides is 1. The van der Waals surface area contributed by atoms with E-state index in [1.54, 1.807) is 23.6 Å². The monoisotopic (exact) mass is 365 g/mol. The summed E-state index contributed by atoms with van der Waals surface area (Å²) in [6.45, 7) is 2.03. The van der Waals surface area contributed by atoms with Crippen molar-refractivity contribution in [1.29, 1.82) is 0 Å². The lowest BCUT2D eigenvalue weighted by molar-refractivity contribution is -0.115. The van der Waals surface area contributed by atoms with Crippen molar-refractivity contribution in [3.05, 3.63) is 38.4 Å². The van der Waals surface area contributed by atoms with E-state index in [9.17, 15) is 9.59 Å². The summed E-state index contributed by atoms with van der Waals surface area (Å²) in [6, 6.07) is 3.86. The molecule has 2 aromatic rings.